The Morgan fingerprint density at radius 1 is 1.15 bits per heavy atom. The molecule has 1 spiro atoms. The second-order valence-electron chi connectivity index (χ2n) is 8.12. The molecule has 1 aromatic rings. The summed E-state index contributed by atoms with van der Waals surface area (Å²) >= 11 is 0. The summed E-state index contributed by atoms with van der Waals surface area (Å²) in [5.41, 5.74) is 1.37. The van der Waals surface area contributed by atoms with Crippen LogP contribution in [0.3, 0.4) is 0 Å². The number of piperidine rings is 2. The lowest BCUT2D eigenvalue weighted by Gasteiger charge is -2.47. The van der Waals surface area contributed by atoms with Crippen molar-refractivity contribution in [3.63, 3.8) is 0 Å². The summed E-state index contributed by atoms with van der Waals surface area (Å²) in [5.74, 6) is 0.595. The third kappa shape index (κ3) is 3.63. The minimum atomic E-state index is 0.0616. The first-order chi connectivity index (χ1) is 12.7. The van der Waals surface area contributed by atoms with Gasteiger partial charge in [0.1, 0.15) is 0 Å². The third-order valence-electron chi connectivity index (χ3n) is 6.38. The van der Waals surface area contributed by atoms with Crippen LogP contribution in [0, 0.1) is 11.3 Å². The topological polar surface area (TPSA) is 49.9 Å². The Hall–Kier alpha value is -1.88. The highest BCUT2D eigenvalue weighted by Crippen LogP contribution is 2.41. The van der Waals surface area contributed by atoms with E-state index in [0.717, 1.165) is 45.3 Å². The summed E-state index contributed by atoms with van der Waals surface area (Å²) in [6.45, 7) is 4.47. The molecule has 3 saturated heterocycles. The van der Waals surface area contributed by atoms with Crippen molar-refractivity contribution in [2.24, 2.45) is 11.3 Å². The van der Waals surface area contributed by atoms with Crippen molar-refractivity contribution in [1.82, 2.24) is 9.80 Å². The molecule has 1 aromatic carbocycles. The molecule has 26 heavy (non-hydrogen) atoms. The Bertz CT molecular complexity index is 646. The third-order valence-corrected chi connectivity index (χ3v) is 6.38. The predicted octanol–water partition coefficient (Wildman–Crippen LogP) is 2.45. The monoisotopic (exact) mass is 356 g/mol. The fourth-order valence-corrected chi connectivity index (χ4v) is 4.65. The van der Waals surface area contributed by atoms with Gasteiger partial charge in [0.15, 0.2) is 0 Å². The van der Waals surface area contributed by atoms with Gasteiger partial charge in [-0.25, -0.2) is 0 Å². The van der Waals surface area contributed by atoms with Crippen LogP contribution in [0.25, 0.3) is 0 Å². The highest BCUT2D eigenvalue weighted by atomic mass is 16.5. The summed E-state index contributed by atoms with van der Waals surface area (Å²) in [6, 6.07) is 10.2. The van der Waals surface area contributed by atoms with Gasteiger partial charge in [0, 0.05) is 39.2 Å². The number of carbonyl (C=O) groups excluding carboxylic acids is 2. The molecule has 2 amide bonds. The number of hydrogen-bond donors (Lipinski definition) is 0. The minimum absolute atomic E-state index is 0.0616. The SMILES string of the molecule is O=C1CCC2(CCN(C(=O)[C@@H]3CCOC3)CC2)CN1Cc1ccccc1. The van der Waals surface area contributed by atoms with Crippen LogP contribution in [0.5, 0.6) is 0 Å². The van der Waals surface area contributed by atoms with Crippen LogP contribution in [0.15, 0.2) is 30.3 Å². The van der Waals surface area contributed by atoms with Crippen LogP contribution >= 0.6 is 0 Å². The summed E-state index contributed by atoms with van der Waals surface area (Å²) < 4.78 is 5.37. The van der Waals surface area contributed by atoms with Gasteiger partial charge in [-0.15, -0.1) is 0 Å². The molecular weight excluding hydrogens is 328 g/mol. The van der Waals surface area contributed by atoms with E-state index in [0.29, 0.717) is 26.2 Å². The summed E-state index contributed by atoms with van der Waals surface area (Å²) in [7, 11) is 0. The maximum Gasteiger partial charge on any atom is 0.228 e. The van der Waals surface area contributed by atoms with E-state index in [9.17, 15) is 9.59 Å². The van der Waals surface area contributed by atoms with Crippen LogP contribution in [0.1, 0.15) is 37.7 Å². The Kier molecular flexibility index (Phi) is 4.98. The zero-order valence-electron chi connectivity index (χ0n) is 15.4. The van der Waals surface area contributed by atoms with Crippen molar-refractivity contribution in [2.45, 2.75) is 38.6 Å². The van der Waals surface area contributed by atoms with Gasteiger partial charge >= 0.3 is 0 Å². The molecule has 3 aliphatic heterocycles. The fraction of sp³-hybridized carbons (Fsp3) is 0.619. The molecule has 0 bridgehead atoms. The normalized spacial score (nSPS) is 25.7. The fourth-order valence-electron chi connectivity index (χ4n) is 4.65. The first-order valence-corrected chi connectivity index (χ1v) is 9.83. The van der Waals surface area contributed by atoms with Gasteiger partial charge in [-0.05, 0) is 36.7 Å². The summed E-state index contributed by atoms with van der Waals surface area (Å²) in [5, 5.41) is 0. The van der Waals surface area contributed by atoms with Crippen molar-refractivity contribution in [2.75, 3.05) is 32.8 Å². The molecule has 0 aromatic heterocycles. The zero-order valence-corrected chi connectivity index (χ0v) is 15.4. The smallest absolute Gasteiger partial charge is 0.228 e. The molecular formula is C21H28N2O3. The van der Waals surface area contributed by atoms with E-state index in [1.165, 1.54) is 5.56 Å². The summed E-state index contributed by atoms with van der Waals surface area (Å²) in [6.07, 6.45) is 4.47. The largest absolute Gasteiger partial charge is 0.381 e. The summed E-state index contributed by atoms with van der Waals surface area (Å²) in [4.78, 5) is 29.1. The van der Waals surface area contributed by atoms with Crippen molar-refractivity contribution in [3.05, 3.63) is 35.9 Å². The van der Waals surface area contributed by atoms with Crippen molar-refractivity contribution in [1.29, 1.82) is 0 Å². The van der Waals surface area contributed by atoms with E-state index in [1.807, 2.05) is 28.0 Å². The molecule has 1 atom stereocenters. The molecule has 0 saturated carbocycles. The number of likely N-dealkylation sites (tertiary alicyclic amines) is 2. The van der Waals surface area contributed by atoms with E-state index in [-0.39, 0.29) is 23.1 Å². The number of nitrogens with zero attached hydrogens (tertiary/aromatic N) is 2. The molecule has 3 aliphatic rings. The lowest BCUT2D eigenvalue weighted by molar-refractivity contribution is -0.144. The number of hydrogen-bond acceptors (Lipinski definition) is 3. The number of benzene rings is 1. The van der Waals surface area contributed by atoms with E-state index in [4.69, 9.17) is 4.74 Å². The predicted molar refractivity (Wildman–Crippen MR) is 98.3 cm³/mol. The molecule has 3 heterocycles. The highest BCUT2D eigenvalue weighted by molar-refractivity contribution is 5.79. The first-order valence-electron chi connectivity index (χ1n) is 9.83. The molecule has 0 aliphatic carbocycles. The number of carbonyl (C=O) groups is 2. The van der Waals surface area contributed by atoms with Gasteiger partial charge in [-0.2, -0.15) is 0 Å². The van der Waals surface area contributed by atoms with Gasteiger partial charge in [0.2, 0.25) is 11.8 Å². The Balaban J connectivity index is 1.37. The van der Waals surface area contributed by atoms with E-state index in [1.54, 1.807) is 0 Å². The van der Waals surface area contributed by atoms with Gasteiger partial charge in [0.05, 0.1) is 12.5 Å². The van der Waals surface area contributed by atoms with Crippen LogP contribution in [-0.4, -0.2) is 54.5 Å². The van der Waals surface area contributed by atoms with Crippen LogP contribution in [0.2, 0.25) is 0 Å². The quantitative estimate of drug-likeness (QED) is 0.836. The molecule has 3 fully saturated rings. The maximum atomic E-state index is 12.6. The second-order valence-corrected chi connectivity index (χ2v) is 8.12. The first kappa shape index (κ1) is 17.5. The van der Waals surface area contributed by atoms with E-state index in [2.05, 4.69) is 12.1 Å². The van der Waals surface area contributed by atoms with Crippen LogP contribution in [-0.2, 0) is 20.9 Å². The van der Waals surface area contributed by atoms with E-state index >= 15 is 0 Å². The lowest BCUT2D eigenvalue weighted by atomic mass is 9.72. The molecule has 0 radical (unpaired) electrons. The van der Waals surface area contributed by atoms with Gasteiger partial charge in [-0.1, -0.05) is 30.3 Å². The van der Waals surface area contributed by atoms with Crippen LogP contribution in [0.4, 0.5) is 0 Å². The molecule has 4 rings (SSSR count). The minimum Gasteiger partial charge on any atom is -0.381 e. The maximum absolute atomic E-state index is 12.6. The van der Waals surface area contributed by atoms with E-state index < -0.39 is 0 Å². The van der Waals surface area contributed by atoms with Crippen LogP contribution < -0.4 is 0 Å². The lowest BCUT2D eigenvalue weighted by Crippen LogP contribution is -2.52. The van der Waals surface area contributed by atoms with Gasteiger partial charge in [0.25, 0.3) is 0 Å². The highest BCUT2D eigenvalue weighted by Gasteiger charge is 2.42. The van der Waals surface area contributed by atoms with Crippen molar-refractivity contribution in [3.8, 4) is 0 Å². The Morgan fingerprint density at radius 3 is 2.62 bits per heavy atom. The Labute approximate surface area is 155 Å². The Morgan fingerprint density at radius 2 is 1.92 bits per heavy atom. The van der Waals surface area contributed by atoms with Crippen molar-refractivity contribution >= 4 is 11.8 Å². The standard InChI is InChI=1S/C21H28N2O3/c24-19-6-8-21(16-23(19)14-17-4-2-1-3-5-17)9-11-22(12-10-21)20(25)18-7-13-26-15-18/h1-5,18H,6-16H2/t18-/m1/s1. The molecule has 140 valence electrons. The van der Waals surface area contributed by atoms with Gasteiger partial charge < -0.3 is 14.5 Å². The average Bonchev–Trinajstić information content (AvgIpc) is 3.21. The van der Waals surface area contributed by atoms with Gasteiger partial charge in [-0.3, -0.25) is 9.59 Å². The molecule has 5 nitrogen and oxygen atoms in total. The second kappa shape index (κ2) is 7.39. The molecule has 0 unspecified atom stereocenters. The average molecular weight is 356 g/mol. The molecule has 0 N–H and O–H groups in total. The van der Waals surface area contributed by atoms with Crippen molar-refractivity contribution < 1.29 is 14.3 Å². The number of ether oxygens (including phenoxy) is 1. The zero-order chi connectivity index (χ0) is 18.0. The number of amides is 2. The number of rotatable bonds is 3. The molecule has 5 heteroatoms.